The summed E-state index contributed by atoms with van der Waals surface area (Å²) in [5, 5.41) is 9.09. The fourth-order valence-corrected chi connectivity index (χ4v) is 0.308. The van der Waals surface area contributed by atoms with E-state index in [4.69, 9.17) is 0 Å². The Labute approximate surface area is 48.9 Å². The van der Waals surface area contributed by atoms with Gasteiger partial charge in [-0.3, -0.25) is 0 Å². The summed E-state index contributed by atoms with van der Waals surface area (Å²) in [6.07, 6.45) is 0. The molecule has 2 N–H and O–H groups in total. The monoisotopic (exact) mass is 117 g/mol. The van der Waals surface area contributed by atoms with Crippen LogP contribution in [-0.2, 0) is 4.84 Å². The Morgan fingerprint density at radius 3 is 2.00 bits per heavy atom. The molecule has 0 aromatic heterocycles. The molecule has 0 aromatic rings. The third-order valence-corrected chi connectivity index (χ3v) is 0.656. The smallest absolute Gasteiger partial charge is 0.232 e. The lowest BCUT2D eigenvalue weighted by atomic mass is 10.9. The van der Waals surface area contributed by atoms with Crippen LogP contribution in [0.1, 0.15) is 0 Å². The predicted octanol–water partition coefficient (Wildman–Crippen LogP) is -0.657. The fraction of sp³-hybridized carbons (Fsp3) is 0.750. The topological polar surface area (TPSA) is 45.7 Å². The zero-order chi connectivity index (χ0) is 6.41. The van der Waals surface area contributed by atoms with Gasteiger partial charge in [0, 0.05) is 14.1 Å². The number of nitrogens with zero attached hydrogens (tertiary/aromatic N) is 1. The van der Waals surface area contributed by atoms with Gasteiger partial charge in [0.1, 0.15) is 7.11 Å². The van der Waals surface area contributed by atoms with Crippen molar-refractivity contribution < 1.29 is 4.84 Å². The molecular weight excluding hydrogens is 106 g/mol. The van der Waals surface area contributed by atoms with Crippen LogP contribution in [0.3, 0.4) is 0 Å². The molecule has 48 valence electrons. The van der Waals surface area contributed by atoms with Crippen LogP contribution < -0.4 is 10.6 Å². The van der Waals surface area contributed by atoms with Gasteiger partial charge < -0.3 is 15.5 Å². The molecule has 0 rings (SSSR count). The van der Waals surface area contributed by atoms with Crippen molar-refractivity contribution in [2.45, 2.75) is 0 Å². The normalized spacial score (nSPS) is 7.38. The second-order valence-corrected chi connectivity index (χ2v) is 1.12. The Kier molecular flexibility index (Phi) is 3.74. The van der Waals surface area contributed by atoms with Crippen molar-refractivity contribution >= 4 is 5.96 Å². The van der Waals surface area contributed by atoms with Crippen LogP contribution in [0, 0.1) is 0 Å². The largest absolute Gasteiger partial charge is 0.396 e. The molecule has 0 heterocycles. The van der Waals surface area contributed by atoms with E-state index in [1.807, 2.05) is 0 Å². The molecule has 8 heavy (non-hydrogen) atoms. The SMILES string of the molecule is CNC(=NOC)NC. The molecule has 4 nitrogen and oxygen atoms in total. The van der Waals surface area contributed by atoms with E-state index in [0.29, 0.717) is 5.96 Å². The van der Waals surface area contributed by atoms with E-state index >= 15 is 0 Å². The third-order valence-electron chi connectivity index (χ3n) is 0.656. The van der Waals surface area contributed by atoms with E-state index in [0.717, 1.165) is 0 Å². The first-order valence-corrected chi connectivity index (χ1v) is 2.31. The van der Waals surface area contributed by atoms with Crippen LogP contribution in [0.25, 0.3) is 0 Å². The Morgan fingerprint density at radius 2 is 1.88 bits per heavy atom. The van der Waals surface area contributed by atoms with E-state index in [2.05, 4.69) is 20.6 Å². The summed E-state index contributed by atoms with van der Waals surface area (Å²) in [6, 6.07) is 0. The summed E-state index contributed by atoms with van der Waals surface area (Å²) >= 11 is 0. The zero-order valence-electron chi connectivity index (χ0n) is 5.36. The van der Waals surface area contributed by atoms with Crippen LogP contribution >= 0.6 is 0 Å². The van der Waals surface area contributed by atoms with Gasteiger partial charge in [0.2, 0.25) is 5.96 Å². The maximum absolute atomic E-state index is 4.45. The van der Waals surface area contributed by atoms with Crippen molar-refractivity contribution in [3.05, 3.63) is 0 Å². The quantitative estimate of drug-likeness (QED) is 0.272. The number of rotatable bonds is 1. The van der Waals surface area contributed by atoms with E-state index in [1.165, 1.54) is 7.11 Å². The van der Waals surface area contributed by atoms with Crippen molar-refractivity contribution in [1.29, 1.82) is 0 Å². The number of hydrogen-bond donors (Lipinski definition) is 2. The second-order valence-electron chi connectivity index (χ2n) is 1.12. The number of guanidine groups is 1. The lowest BCUT2D eigenvalue weighted by molar-refractivity contribution is 0.210. The molecule has 0 atom stereocenters. The average molecular weight is 117 g/mol. The van der Waals surface area contributed by atoms with Crippen LogP contribution in [-0.4, -0.2) is 27.2 Å². The highest BCUT2D eigenvalue weighted by molar-refractivity contribution is 5.78. The number of oxime groups is 1. The Balaban J connectivity index is 3.49. The molecular formula is C4H11N3O. The van der Waals surface area contributed by atoms with Crippen molar-refractivity contribution in [2.75, 3.05) is 21.2 Å². The summed E-state index contributed by atoms with van der Waals surface area (Å²) in [7, 11) is 5.01. The highest BCUT2D eigenvalue weighted by atomic mass is 16.6. The van der Waals surface area contributed by atoms with Crippen LogP contribution in [0.2, 0.25) is 0 Å². The molecule has 4 heteroatoms. The van der Waals surface area contributed by atoms with Gasteiger partial charge in [-0.05, 0) is 5.16 Å². The molecule has 0 spiro atoms. The lowest BCUT2D eigenvalue weighted by Gasteiger charge is -1.99. The molecule has 0 amide bonds. The number of hydrogen-bond acceptors (Lipinski definition) is 2. The van der Waals surface area contributed by atoms with Gasteiger partial charge in [-0.25, -0.2) is 0 Å². The molecule has 0 aliphatic heterocycles. The third kappa shape index (κ3) is 2.28. The highest BCUT2D eigenvalue weighted by Gasteiger charge is 1.84. The van der Waals surface area contributed by atoms with Gasteiger partial charge in [0.05, 0.1) is 0 Å². The van der Waals surface area contributed by atoms with Gasteiger partial charge in [-0.15, -0.1) is 0 Å². The first kappa shape index (κ1) is 7.07. The maximum Gasteiger partial charge on any atom is 0.232 e. The molecule has 0 aliphatic carbocycles. The summed E-state index contributed by atoms with van der Waals surface area (Å²) < 4.78 is 0. The molecule has 0 bridgehead atoms. The van der Waals surface area contributed by atoms with Gasteiger partial charge in [0.15, 0.2) is 0 Å². The van der Waals surface area contributed by atoms with Gasteiger partial charge >= 0.3 is 0 Å². The van der Waals surface area contributed by atoms with Crippen LogP contribution in [0.5, 0.6) is 0 Å². The summed E-state index contributed by atoms with van der Waals surface area (Å²) in [5.41, 5.74) is 0. The summed E-state index contributed by atoms with van der Waals surface area (Å²) in [4.78, 5) is 4.45. The van der Waals surface area contributed by atoms with Crippen molar-refractivity contribution in [3.8, 4) is 0 Å². The lowest BCUT2D eigenvalue weighted by Crippen LogP contribution is -2.31. The Bertz CT molecular complexity index is 75.4. The minimum atomic E-state index is 0.618. The van der Waals surface area contributed by atoms with E-state index in [-0.39, 0.29) is 0 Å². The summed E-state index contributed by atoms with van der Waals surface area (Å²) in [6.45, 7) is 0. The fourth-order valence-electron chi connectivity index (χ4n) is 0.308. The van der Waals surface area contributed by atoms with Crippen molar-refractivity contribution in [2.24, 2.45) is 5.16 Å². The van der Waals surface area contributed by atoms with E-state index in [9.17, 15) is 0 Å². The highest BCUT2D eigenvalue weighted by Crippen LogP contribution is 1.65. The molecule has 0 fully saturated rings. The van der Waals surface area contributed by atoms with Gasteiger partial charge in [0.25, 0.3) is 0 Å². The van der Waals surface area contributed by atoms with Crippen LogP contribution in [0.4, 0.5) is 0 Å². The molecule has 0 radical (unpaired) electrons. The molecule has 0 saturated carbocycles. The minimum Gasteiger partial charge on any atom is -0.396 e. The Hall–Kier alpha value is -0.930. The standard InChI is InChI=1S/C4H11N3O/c1-5-4(6-2)7-8-3/h1-3H3,(H2,5,6,7). The molecule has 0 unspecified atom stereocenters. The first-order chi connectivity index (χ1) is 3.85. The second kappa shape index (κ2) is 4.23. The zero-order valence-corrected chi connectivity index (χ0v) is 5.36. The van der Waals surface area contributed by atoms with Crippen molar-refractivity contribution in [1.82, 2.24) is 10.6 Å². The average Bonchev–Trinajstić information content (AvgIpc) is 1.83. The van der Waals surface area contributed by atoms with Gasteiger partial charge in [-0.1, -0.05) is 0 Å². The van der Waals surface area contributed by atoms with Crippen molar-refractivity contribution in [3.63, 3.8) is 0 Å². The number of nitrogens with one attached hydrogen (secondary N) is 2. The van der Waals surface area contributed by atoms with Crippen LogP contribution in [0.15, 0.2) is 5.16 Å². The van der Waals surface area contributed by atoms with Gasteiger partial charge in [-0.2, -0.15) is 0 Å². The molecule has 0 saturated heterocycles. The maximum atomic E-state index is 4.45. The minimum absolute atomic E-state index is 0.618. The summed E-state index contributed by atoms with van der Waals surface area (Å²) in [5.74, 6) is 0.618. The van der Waals surface area contributed by atoms with E-state index in [1.54, 1.807) is 14.1 Å². The first-order valence-electron chi connectivity index (χ1n) is 2.31. The molecule has 0 aliphatic rings. The molecule has 0 aromatic carbocycles. The Morgan fingerprint density at radius 1 is 1.38 bits per heavy atom. The predicted molar refractivity (Wildman–Crippen MR) is 32.6 cm³/mol. The van der Waals surface area contributed by atoms with E-state index < -0.39 is 0 Å².